The Bertz CT molecular complexity index is 415. The molecule has 83 valence electrons. The Morgan fingerprint density at radius 3 is 2.62 bits per heavy atom. The van der Waals surface area contributed by atoms with Gasteiger partial charge in [0.15, 0.2) is 0 Å². The SMILES string of the molecule is CC(C)(CCc1ccccc1)n1cc[c]n1. The zero-order valence-electron chi connectivity index (χ0n) is 9.85. The molecule has 0 fully saturated rings. The van der Waals surface area contributed by atoms with E-state index in [4.69, 9.17) is 0 Å². The summed E-state index contributed by atoms with van der Waals surface area (Å²) in [5.74, 6) is 0. The third-order valence-corrected chi connectivity index (χ3v) is 2.94. The summed E-state index contributed by atoms with van der Waals surface area (Å²) >= 11 is 0. The average molecular weight is 213 g/mol. The Labute approximate surface area is 96.9 Å². The van der Waals surface area contributed by atoms with E-state index in [1.165, 1.54) is 5.56 Å². The Balaban J connectivity index is 2.00. The maximum Gasteiger partial charge on any atom is 0.113 e. The smallest absolute Gasteiger partial charge is 0.113 e. The summed E-state index contributed by atoms with van der Waals surface area (Å²) in [6.07, 6.45) is 6.98. The van der Waals surface area contributed by atoms with Crippen LogP contribution in [0.25, 0.3) is 0 Å². The van der Waals surface area contributed by atoms with Gasteiger partial charge in [0.25, 0.3) is 0 Å². The summed E-state index contributed by atoms with van der Waals surface area (Å²) < 4.78 is 1.98. The van der Waals surface area contributed by atoms with Gasteiger partial charge in [-0.15, -0.1) is 0 Å². The number of benzene rings is 1. The molecule has 0 unspecified atom stereocenters. The van der Waals surface area contributed by atoms with E-state index < -0.39 is 0 Å². The fourth-order valence-corrected chi connectivity index (χ4v) is 1.78. The standard InChI is InChI=1S/C14H17N2/c1-14(2,16-12-6-11-15-16)10-9-13-7-4-3-5-8-13/h3-8,12H,9-10H2,1-2H3. The Morgan fingerprint density at radius 2 is 2.00 bits per heavy atom. The largest absolute Gasteiger partial charge is 0.267 e. The van der Waals surface area contributed by atoms with Crippen molar-refractivity contribution in [3.05, 3.63) is 54.4 Å². The van der Waals surface area contributed by atoms with E-state index in [0.717, 1.165) is 12.8 Å². The minimum absolute atomic E-state index is 0.0514. The molecule has 0 saturated heterocycles. The molecule has 0 N–H and O–H groups in total. The second-order valence-corrected chi connectivity index (χ2v) is 4.69. The molecule has 16 heavy (non-hydrogen) atoms. The molecule has 0 aliphatic heterocycles. The molecule has 2 rings (SSSR count). The van der Waals surface area contributed by atoms with Gasteiger partial charge in [0.2, 0.25) is 0 Å². The molecule has 2 nitrogen and oxygen atoms in total. The maximum atomic E-state index is 4.19. The number of rotatable bonds is 4. The summed E-state index contributed by atoms with van der Waals surface area (Å²) in [4.78, 5) is 0. The van der Waals surface area contributed by atoms with Crippen LogP contribution in [0.3, 0.4) is 0 Å². The summed E-state index contributed by atoms with van der Waals surface area (Å²) in [5, 5.41) is 4.19. The van der Waals surface area contributed by atoms with Gasteiger partial charge in [-0.2, -0.15) is 5.10 Å². The zero-order chi connectivity index (χ0) is 11.4. The van der Waals surface area contributed by atoms with Crippen LogP contribution in [0.4, 0.5) is 0 Å². The molecule has 0 aliphatic rings. The lowest BCUT2D eigenvalue weighted by Crippen LogP contribution is -2.27. The van der Waals surface area contributed by atoms with Crippen molar-refractivity contribution in [3.8, 4) is 0 Å². The predicted octanol–water partition coefficient (Wildman–Crippen LogP) is 3.05. The molecule has 0 bridgehead atoms. The van der Waals surface area contributed by atoms with Gasteiger partial charge in [-0.1, -0.05) is 30.3 Å². The van der Waals surface area contributed by atoms with Crippen molar-refractivity contribution in [2.45, 2.75) is 32.2 Å². The molecule has 0 amide bonds. The second-order valence-electron chi connectivity index (χ2n) is 4.69. The molecule has 0 spiro atoms. The quantitative estimate of drug-likeness (QED) is 0.763. The van der Waals surface area contributed by atoms with Crippen LogP contribution < -0.4 is 0 Å². The highest BCUT2D eigenvalue weighted by Gasteiger charge is 2.19. The molecule has 1 aromatic carbocycles. The van der Waals surface area contributed by atoms with Crippen molar-refractivity contribution in [1.29, 1.82) is 0 Å². The minimum Gasteiger partial charge on any atom is -0.267 e. The molecule has 2 heteroatoms. The van der Waals surface area contributed by atoms with Crippen molar-refractivity contribution < 1.29 is 0 Å². The van der Waals surface area contributed by atoms with Crippen molar-refractivity contribution in [1.82, 2.24) is 9.78 Å². The van der Waals surface area contributed by atoms with Gasteiger partial charge in [0, 0.05) is 6.20 Å². The average Bonchev–Trinajstić information content (AvgIpc) is 2.82. The number of hydrogen-bond acceptors (Lipinski definition) is 1. The number of nitrogens with zero attached hydrogens (tertiary/aromatic N) is 2. The third kappa shape index (κ3) is 2.51. The predicted molar refractivity (Wildman–Crippen MR) is 65.1 cm³/mol. The Morgan fingerprint density at radius 1 is 1.25 bits per heavy atom. The Hall–Kier alpha value is -1.57. The van der Waals surface area contributed by atoms with Crippen LogP contribution in [0, 0.1) is 6.20 Å². The van der Waals surface area contributed by atoms with E-state index >= 15 is 0 Å². The fraction of sp³-hybridized carbons (Fsp3) is 0.357. The highest BCUT2D eigenvalue weighted by atomic mass is 15.3. The molecule has 0 aliphatic carbocycles. The van der Waals surface area contributed by atoms with Gasteiger partial charge < -0.3 is 0 Å². The molecule has 0 atom stereocenters. The first-order valence-electron chi connectivity index (χ1n) is 5.65. The first kappa shape index (κ1) is 10.9. The van der Waals surface area contributed by atoms with Crippen LogP contribution >= 0.6 is 0 Å². The van der Waals surface area contributed by atoms with E-state index in [1.807, 2.05) is 16.9 Å². The van der Waals surface area contributed by atoms with Crippen molar-refractivity contribution in [2.75, 3.05) is 0 Å². The first-order valence-corrected chi connectivity index (χ1v) is 5.65. The molecule has 1 heterocycles. The summed E-state index contributed by atoms with van der Waals surface area (Å²) in [5.41, 5.74) is 1.43. The lowest BCUT2D eigenvalue weighted by molar-refractivity contribution is 0.295. The van der Waals surface area contributed by atoms with Gasteiger partial charge in [0.1, 0.15) is 6.20 Å². The lowest BCUT2D eigenvalue weighted by Gasteiger charge is -2.25. The van der Waals surface area contributed by atoms with Crippen molar-refractivity contribution in [3.63, 3.8) is 0 Å². The summed E-state index contributed by atoms with van der Waals surface area (Å²) in [6, 6.07) is 12.4. The molecular weight excluding hydrogens is 196 g/mol. The number of hydrogen-bond donors (Lipinski definition) is 0. The summed E-state index contributed by atoms with van der Waals surface area (Å²) in [7, 11) is 0. The highest BCUT2D eigenvalue weighted by Crippen LogP contribution is 2.20. The number of aryl methyl sites for hydroxylation is 1. The van der Waals surface area contributed by atoms with Gasteiger partial charge in [-0.05, 0) is 38.3 Å². The molecular formula is C14H17N2. The van der Waals surface area contributed by atoms with Crippen LogP contribution in [0.15, 0.2) is 42.6 Å². The van der Waals surface area contributed by atoms with Gasteiger partial charge in [0.05, 0.1) is 5.54 Å². The Kier molecular flexibility index (Phi) is 3.09. The second kappa shape index (κ2) is 4.52. The third-order valence-electron chi connectivity index (χ3n) is 2.94. The normalized spacial score (nSPS) is 11.6. The molecule has 2 aromatic rings. The van der Waals surface area contributed by atoms with E-state index in [9.17, 15) is 0 Å². The van der Waals surface area contributed by atoms with Gasteiger partial charge in [-0.3, -0.25) is 4.68 Å². The van der Waals surface area contributed by atoms with Crippen LogP contribution in [0.5, 0.6) is 0 Å². The van der Waals surface area contributed by atoms with Crippen molar-refractivity contribution in [2.24, 2.45) is 0 Å². The van der Waals surface area contributed by atoms with Crippen LogP contribution in [0.2, 0.25) is 0 Å². The topological polar surface area (TPSA) is 17.8 Å². The first-order chi connectivity index (χ1) is 7.68. The highest BCUT2D eigenvalue weighted by molar-refractivity contribution is 5.15. The monoisotopic (exact) mass is 213 g/mol. The maximum absolute atomic E-state index is 4.19. The summed E-state index contributed by atoms with van der Waals surface area (Å²) in [6.45, 7) is 4.41. The van der Waals surface area contributed by atoms with Crippen LogP contribution in [-0.4, -0.2) is 9.78 Å². The zero-order valence-corrected chi connectivity index (χ0v) is 9.85. The number of aromatic nitrogens is 2. The van der Waals surface area contributed by atoms with Crippen LogP contribution in [0.1, 0.15) is 25.8 Å². The molecule has 1 radical (unpaired) electrons. The minimum atomic E-state index is 0.0514. The lowest BCUT2D eigenvalue weighted by atomic mass is 9.95. The molecule has 1 aromatic heterocycles. The van der Waals surface area contributed by atoms with E-state index in [2.05, 4.69) is 55.5 Å². The van der Waals surface area contributed by atoms with E-state index in [1.54, 1.807) is 0 Å². The van der Waals surface area contributed by atoms with Crippen LogP contribution in [-0.2, 0) is 12.0 Å². The van der Waals surface area contributed by atoms with E-state index in [-0.39, 0.29) is 5.54 Å². The van der Waals surface area contributed by atoms with E-state index in [0.29, 0.717) is 0 Å². The van der Waals surface area contributed by atoms with Crippen molar-refractivity contribution >= 4 is 0 Å². The molecule has 0 saturated carbocycles. The fourth-order valence-electron chi connectivity index (χ4n) is 1.78. The van der Waals surface area contributed by atoms with Gasteiger partial charge >= 0.3 is 0 Å². The van der Waals surface area contributed by atoms with Gasteiger partial charge in [-0.25, -0.2) is 0 Å².